The molecule has 0 saturated carbocycles. The summed E-state index contributed by atoms with van der Waals surface area (Å²) in [4.78, 5) is 38.2. The fourth-order valence-corrected chi connectivity index (χ4v) is 3.51. The van der Waals surface area contributed by atoms with Crippen LogP contribution in [-0.4, -0.2) is 33.1 Å². The van der Waals surface area contributed by atoms with Gasteiger partial charge >= 0.3 is 0 Å². The van der Waals surface area contributed by atoms with Crippen molar-refractivity contribution in [3.63, 3.8) is 0 Å². The van der Waals surface area contributed by atoms with Crippen LogP contribution in [0.5, 0.6) is 0 Å². The number of benzene rings is 1. The van der Waals surface area contributed by atoms with E-state index >= 15 is 0 Å². The van der Waals surface area contributed by atoms with E-state index in [1.54, 1.807) is 6.08 Å². The van der Waals surface area contributed by atoms with Gasteiger partial charge in [-0.25, -0.2) is 0 Å². The monoisotopic (exact) mass is 369 g/mol. The van der Waals surface area contributed by atoms with Gasteiger partial charge in [-0.2, -0.15) is 0 Å². The van der Waals surface area contributed by atoms with Crippen molar-refractivity contribution in [1.29, 1.82) is 0 Å². The highest BCUT2D eigenvalue weighted by molar-refractivity contribution is 8.18. The van der Waals surface area contributed by atoms with E-state index in [0.29, 0.717) is 10.6 Å². The number of nitrogens with one attached hydrogen (secondary N) is 1. The van der Waals surface area contributed by atoms with Gasteiger partial charge in [-0.05, 0) is 55.4 Å². The van der Waals surface area contributed by atoms with Crippen LogP contribution in [0, 0.1) is 13.8 Å². The number of aromatic nitrogens is 1. The molecule has 1 aliphatic rings. The number of hydrogen-bond acceptors (Lipinski definition) is 4. The van der Waals surface area contributed by atoms with Crippen LogP contribution in [0.15, 0.2) is 41.4 Å². The number of amides is 3. The van der Waals surface area contributed by atoms with Crippen LogP contribution in [-0.2, 0) is 16.6 Å². The predicted molar refractivity (Wildman–Crippen MR) is 103 cm³/mol. The highest BCUT2D eigenvalue weighted by Crippen LogP contribution is 2.32. The van der Waals surface area contributed by atoms with Crippen LogP contribution in [0.2, 0.25) is 0 Å². The van der Waals surface area contributed by atoms with E-state index in [9.17, 15) is 14.4 Å². The molecule has 1 saturated heterocycles. The van der Waals surface area contributed by atoms with Gasteiger partial charge in [-0.15, -0.1) is 0 Å². The number of thioether (sulfide) groups is 1. The van der Waals surface area contributed by atoms with Gasteiger partial charge < -0.3 is 9.88 Å². The molecule has 0 radical (unpaired) electrons. The van der Waals surface area contributed by atoms with Crippen molar-refractivity contribution in [2.45, 2.75) is 13.8 Å². The predicted octanol–water partition coefficient (Wildman–Crippen LogP) is 3.32. The molecule has 0 spiro atoms. The van der Waals surface area contributed by atoms with Crippen molar-refractivity contribution in [2.75, 3.05) is 11.9 Å². The van der Waals surface area contributed by atoms with E-state index < -0.39 is 17.1 Å². The minimum atomic E-state index is -0.447. The summed E-state index contributed by atoms with van der Waals surface area (Å²) in [5.41, 5.74) is 3.51. The molecule has 1 aromatic heterocycles. The maximum atomic E-state index is 12.5. The molecule has 0 unspecified atom stereocenters. The summed E-state index contributed by atoms with van der Waals surface area (Å²) < 4.78 is 1.85. The van der Waals surface area contributed by atoms with Crippen LogP contribution >= 0.6 is 11.8 Å². The number of carbonyl (C=O) groups is 3. The second kappa shape index (κ2) is 7.21. The van der Waals surface area contributed by atoms with Crippen molar-refractivity contribution >= 4 is 40.6 Å². The Morgan fingerprint density at radius 2 is 2.00 bits per heavy atom. The Bertz CT molecular complexity index is 930. The van der Waals surface area contributed by atoms with E-state index in [2.05, 4.69) is 5.32 Å². The summed E-state index contributed by atoms with van der Waals surface area (Å²) in [7, 11) is 1.85. The molecule has 0 atom stereocenters. The summed E-state index contributed by atoms with van der Waals surface area (Å²) in [5.74, 6) is -0.851. The van der Waals surface area contributed by atoms with E-state index in [1.807, 2.05) is 62.0 Å². The summed E-state index contributed by atoms with van der Waals surface area (Å²) in [5, 5.41) is 2.32. The quantitative estimate of drug-likeness (QED) is 0.840. The maximum Gasteiger partial charge on any atom is 0.294 e. The molecule has 1 N–H and O–H groups in total. The van der Waals surface area contributed by atoms with Gasteiger partial charge in [0.1, 0.15) is 6.54 Å². The average Bonchev–Trinajstić information content (AvgIpc) is 3.09. The van der Waals surface area contributed by atoms with Crippen LogP contribution < -0.4 is 5.32 Å². The summed E-state index contributed by atoms with van der Waals surface area (Å²) in [6.07, 6.45) is 3.51. The first-order valence-corrected chi connectivity index (χ1v) is 8.90. The number of anilines is 1. The molecule has 1 aromatic carbocycles. The van der Waals surface area contributed by atoms with E-state index in [0.717, 1.165) is 33.5 Å². The largest absolute Gasteiger partial charge is 0.351 e. The third-order valence-corrected chi connectivity index (χ3v) is 5.00. The number of imide groups is 1. The summed E-state index contributed by atoms with van der Waals surface area (Å²) >= 11 is 0.847. The van der Waals surface area contributed by atoms with Crippen LogP contribution in [0.3, 0.4) is 0 Å². The molecule has 0 bridgehead atoms. The molecule has 3 amide bonds. The number of nitrogens with zero attached hydrogens (tertiary/aromatic N) is 2. The lowest BCUT2D eigenvalue weighted by atomic mass is 10.1. The zero-order chi connectivity index (χ0) is 18.8. The third kappa shape index (κ3) is 3.72. The van der Waals surface area contributed by atoms with Gasteiger partial charge in [0.2, 0.25) is 5.91 Å². The zero-order valence-electron chi connectivity index (χ0n) is 14.8. The van der Waals surface area contributed by atoms with Gasteiger partial charge in [0.15, 0.2) is 0 Å². The molecular weight excluding hydrogens is 350 g/mol. The Hall–Kier alpha value is -2.80. The smallest absolute Gasteiger partial charge is 0.294 e. The van der Waals surface area contributed by atoms with Gasteiger partial charge in [0.25, 0.3) is 11.1 Å². The lowest BCUT2D eigenvalue weighted by molar-refractivity contribution is -0.127. The Balaban J connectivity index is 1.70. The number of carbonyl (C=O) groups excluding carboxylic acids is 3. The molecule has 3 rings (SSSR count). The van der Waals surface area contributed by atoms with Gasteiger partial charge in [0, 0.05) is 24.6 Å². The molecule has 1 fully saturated rings. The van der Waals surface area contributed by atoms with Crippen molar-refractivity contribution < 1.29 is 14.4 Å². The molecule has 2 aromatic rings. The minimum absolute atomic E-state index is 0.303. The van der Waals surface area contributed by atoms with Crippen molar-refractivity contribution in [3.8, 4) is 0 Å². The Labute approximate surface area is 155 Å². The molecule has 0 aliphatic carbocycles. The van der Waals surface area contributed by atoms with E-state index in [4.69, 9.17) is 0 Å². The average molecular weight is 369 g/mol. The molecule has 26 heavy (non-hydrogen) atoms. The fraction of sp³-hybridized carbons (Fsp3) is 0.211. The molecule has 6 nitrogen and oxygen atoms in total. The van der Waals surface area contributed by atoms with Crippen LogP contribution in [0.4, 0.5) is 10.5 Å². The van der Waals surface area contributed by atoms with Crippen molar-refractivity contribution in [2.24, 2.45) is 7.05 Å². The normalized spacial score (nSPS) is 15.8. The van der Waals surface area contributed by atoms with Gasteiger partial charge in [-0.1, -0.05) is 17.7 Å². The second-order valence-electron chi connectivity index (χ2n) is 6.18. The molecule has 2 heterocycles. The Morgan fingerprint density at radius 1 is 1.23 bits per heavy atom. The Morgan fingerprint density at radius 3 is 2.65 bits per heavy atom. The van der Waals surface area contributed by atoms with Crippen molar-refractivity contribution in [3.05, 3.63) is 58.3 Å². The Kier molecular flexibility index (Phi) is 4.99. The topological polar surface area (TPSA) is 71.4 Å². The standard InChI is InChI=1S/C19H19N3O3S/c1-12-6-7-15(13(2)9-12)20-17(23)11-22-18(24)16(26-19(22)25)10-14-5-4-8-21(14)3/h4-10H,11H2,1-3H3,(H,20,23)/b16-10-. The molecule has 1 aliphatic heterocycles. The highest BCUT2D eigenvalue weighted by Gasteiger charge is 2.36. The van der Waals surface area contributed by atoms with Gasteiger partial charge in [-0.3, -0.25) is 19.3 Å². The lowest BCUT2D eigenvalue weighted by Crippen LogP contribution is -2.36. The van der Waals surface area contributed by atoms with Gasteiger partial charge in [0.05, 0.1) is 4.91 Å². The van der Waals surface area contributed by atoms with Crippen molar-refractivity contribution in [1.82, 2.24) is 9.47 Å². The van der Waals surface area contributed by atoms with E-state index in [1.165, 1.54) is 0 Å². The first kappa shape index (κ1) is 18.0. The summed E-state index contributed by atoms with van der Waals surface area (Å²) in [6.45, 7) is 3.56. The molecule has 7 heteroatoms. The highest BCUT2D eigenvalue weighted by atomic mass is 32.2. The molecule has 134 valence electrons. The third-order valence-electron chi connectivity index (χ3n) is 4.09. The second-order valence-corrected chi connectivity index (χ2v) is 7.17. The van der Waals surface area contributed by atoms with Crippen LogP contribution in [0.1, 0.15) is 16.8 Å². The van der Waals surface area contributed by atoms with Crippen LogP contribution in [0.25, 0.3) is 6.08 Å². The number of hydrogen-bond donors (Lipinski definition) is 1. The van der Waals surface area contributed by atoms with E-state index in [-0.39, 0.29) is 6.54 Å². The minimum Gasteiger partial charge on any atom is -0.351 e. The first-order chi connectivity index (χ1) is 12.3. The number of aryl methyl sites for hydroxylation is 3. The SMILES string of the molecule is Cc1ccc(NC(=O)CN2C(=O)S/C(=C\c3cccn3C)C2=O)c(C)c1. The first-order valence-electron chi connectivity index (χ1n) is 8.09. The zero-order valence-corrected chi connectivity index (χ0v) is 15.6. The number of rotatable bonds is 4. The molecular formula is C19H19N3O3S. The summed E-state index contributed by atoms with van der Waals surface area (Å²) in [6, 6.07) is 9.36. The fourth-order valence-electron chi connectivity index (χ4n) is 2.68. The lowest BCUT2D eigenvalue weighted by Gasteiger charge is -2.14. The maximum absolute atomic E-state index is 12.5.